The van der Waals surface area contributed by atoms with E-state index >= 15 is 0 Å². The third kappa shape index (κ3) is 3.64. The van der Waals surface area contributed by atoms with E-state index in [9.17, 15) is 9.59 Å². The Labute approximate surface area is 176 Å². The van der Waals surface area contributed by atoms with Crippen molar-refractivity contribution in [3.05, 3.63) is 108 Å². The maximum Gasteiger partial charge on any atom is 0.198 e. The molecule has 0 aliphatic heterocycles. The molecule has 0 saturated heterocycles. The molecule has 4 nitrogen and oxygen atoms in total. The number of ether oxygens (including phenoxy) is 2. The molecule has 3 rings (SSSR count). The van der Waals surface area contributed by atoms with Crippen molar-refractivity contribution in [1.82, 2.24) is 0 Å². The largest absolute Gasteiger partial charge is 0.488 e. The van der Waals surface area contributed by atoms with Gasteiger partial charge in [-0.15, -0.1) is 13.2 Å². The van der Waals surface area contributed by atoms with Crippen LogP contribution in [0.4, 0.5) is 0 Å². The van der Waals surface area contributed by atoms with Gasteiger partial charge in [-0.25, -0.2) is 0 Å². The second-order valence-electron chi connectivity index (χ2n) is 6.80. The number of benzene rings is 2. The zero-order valence-electron chi connectivity index (χ0n) is 16.9. The van der Waals surface area contributed by atoms with E-state index in [1.807, 2.05) is 0 Å². The van der Waals surface area contributed by atoms with E-state index in [0.717, 1.165) is 11.1 Å². The summed E-state index contributed by atoms with van der Waals surface area (Å²) in [4.78, 5) is 27.0. The molecule has 0 atom stereocenters. The molecule has 0 spiro atoms. The maximum atomic E-state index is 13.5. The van der Waals surface area contributed by atoms with Gasteiger partial charge in [0.25, 0.3) is 0 Å². The van der Waals surface area contributed by atoms with Crippen LogP contribution in [0.5, 0.6) is 11.5 Å². The second-order valence-corrected chi connectivity index (χ2v) is 6.80. The molecule has 0 unspecified atom stereocenters. The topological polar surface area (TPSA) is 52.6 Å². The van der Waals surface area contributed by atoms with Crippen LogP contribution in [0.1, 0.15) is 43.0 Å². The van der Waals surface area contributed by atoms with Gasteiger partial charge in [-0.2, -0.15) is 0 Å². The van der Waals surface area contributed by atoms with E-state index in [1.165, 1.54) is 0 Å². The summed E-state index contributed by atoms with van der Waals surface area (Å²) in [5.41, 5.74) is 2.75. The highest BCUT2D eigenvalue weighted by Gasteiger charge is 2.36. The summed E-state index contributed by atoms with van der Waals surface area (Å²) in [5, 5.41) is 0. The number of carbonyl (C=O) groups excluding carboxylic acids is 2. The van der Waals surface area contributed by atoms with E-state index in [2.05, 4.69) is 26.3 Å². The summed E-state index contributed by atoms with van der Waals surface area (Å²) in [5.74, 6) is 0.274. The highest BCUT2D eigenvalue weighted by molar-refractivity contribution is 6.30. The first-order chi connectivity index (χ1) is 14.6. The second kappa shape index (κ2) is 9.23. The molecule has 0 amide bonds. The third-order valence-electron chi connectivity index (χ3n) is 4.84. The Morgan fingerprint density at radius 2 is 1.03 bits per heavy atom. The SMILES string of the molecule is C=CCOc1c(CC=C)ccc2c1C(=O)c1ccc(CC=C)c(OCC=C)c1C2=O. The van der Waals surface area contributed by atoms with Gasteiger partial charge in [-0.05, 0) is 36.1 Å². The lowest BCUT2D eigenvalue weighted by molar-refractivity contribution is 0.0972. The molecular formula is C26H24O4. The van der Waals surface area contributed by atoms with Crippen LogP contribution in [0, 0.1) is 0 Å². The number of hydrogen-bond acceptors (Lipinski definition) is 4. The van der Waals surface area contributed by atoms with Crippen molar-refractivity contribution in [2.75, 3.05) is 13.2 Å². The van der Waals surface area contributed by atoms with E-state index in [1.54, 1.807) is 48.6 Å². The van der Waals surface area contributed by atoms with Crippen LogP contribution in [0.15, 0.2) is 74.9 Å². The molecule has 0 saturated carbocycles. The summed E-state index contributed by atoms with van der Waals surface area (Å²) in [7, 11) is 0. The highest BCUT2D eigenvalue weighted by atomic mass is 16.5. The van der Waals surface area contributed by atoms with Crippen LogP contribution < -0.4 is 9.47 Å². The van der Waals surface area contributed by atoms with Crippen molar-refractivity contribution in [3.63, 3.8) is 0 Å². The van der Waals surface area contributed by atoms with Gasteiger partial charge in [-0.3, -0.25) is 9.59 Å². The Morgan fingerprint density at radius 1 is 0.633 bits per heavy atom. The number of carbonyl (C=O) groups is 2. The lowest BCUT2D eigenvalue weighted by atomic mass is 9.80. The summed E-state index contributed by atoms with van der Waals surface area (Å²) < 4.78 is 11.7. The fraction of sp³-hybridized carbons (Fsp3) is 0.154. The van der Waals surface area contributed by atoms with Crippen LogP contribution in [0.25, 0.3) is 0 Å². The molecule has 2 aromatic rings. The molecule has 4 heteroatoms. The highest BCUT2D eigenvalue weighted by Crippen LogP contribution is 2.40. The lowest BCUT2D eigenvalue weighted by Gasteiger charge is -2.24. The van der Waals surface area contributed by atoms with Gasteiger partial charge < -0.3 is 9.47 Å². The van der Waals surface area contributed by atoms with Crippen LogP contribution in [-0.4, -0.2) is 24.8 Å². The van der Waals surface area contributed by atoms with E-state index in [4.69, 9.17) is 9.47 Å². The van der Waals surface area contributed by atoms with Crippen molar-refractivity contribution < 1.29 is 19.1 Å². The molecule has 0 N–H and O–H groups in total. The molecule has 0 bridgehead atoms. The van der Waals surface area contributed by atoms with E-state index in [0.29, 0.717) is 35.5 Å². The zero-order chi connectivity index (χ0) is 21.7. The number of hydrogen-bond donors (Lipinski definition) is 0. The van der Waals surface area contributed by atoms with Gasteiger partial charge in [0.1, 0.15) is 24.7 Å². The van der Waals surface area contributed by atoms with Crippen molar-refractivity contribution >= 4 is 11.6 Å². The minimum Gasteiger partial charge on any atom is -0.488 e. The van der Waals surface area contributed by atoms with Crippen LogP contribution >= 0.6 is 0 Å². The number of ketones is 2. The predicted octanol–water partition coefficient (Wildman–Crippen LogP) is 5.05. The summed E-state index contributed by atoms with van der Waals surface area (Å²) in [6, 6.07) is 6.95. The Balaban J connectivity index is 2.25. The fourth-order valence-corrected chi connectivity index (χ4v) is 3.60. The van der Waals surface area contributed by atoms with Gasteiger partial charge in [0.05, 0.1) is 11.1 Å². The van der Waals surface area contributed by atoms with Crippen LogP contribution in [-0.2, 0) is 12.8 Å². The molecule has 0 heterocycles. The molecule has 1 aliphatic carbocycles. The first-order valence-corrected chi connectivity index (χ1v) is 9.69. The monoisotopic (exact) mass is 400 g/mol. The fourth-order valence-electron chi connectivity index (χ4n) is 3.60. The Hall–Kier alpha value is -3.66. The molecule has 2 aromatic carbocycles. The average Bonchev–Trinajstić information content (AvgIpc) is 2.75. The summed E-state index contributed by atoms with van der Waals surface area (Å²) in [6.07, 6.45) is 7.69. The van der Waals surface area contributed by atoms with Crippen molar-refractivity contribution in [2.45, 2.75) is 12.8 Å². The smallest absolute Gasteiger partial charge is 0.198 e. The van der Waals surface area contributed by atoms with E-state index in [-0.39, 0.29) is 35.9 Å². The average molecular weight is 400 g/mol. The first-order valence-electron chi connectivity index (χ1n) is 9.69. The molecule has 152 valence electrons. The van der Waals surface area contributed by atoms with Crippen molar-refractivity contribution in [2.24, 2.45) is 0 Å². The lowest BCUT2D eigenvalue weighted by Crippen LogP contribution is -2.24. The van der Waals surface area contributed by atoms with Gasteiger partial charge in [0.15, 0.2) is 11.6 Å². The maximum absolute atomic E-state index is 13.5. The third-order valence-corrected chi connectivity index (χ3v) is 4.84. The standard InChI is InChI=1S/C26H24O4/c1-5-9-17-11-13-19-21(25(17)29-15-7-3)23(27)20-14-12-18(10-6-2)26(30-16-8-4)22(20)24(19)28/h5-8,11-14H,1-4,9-10,15-16H2. The Kier molecular flexibility index (Phi) is 6.48. The Morgan fingerprint density at radius 3 is 1.37 bits per heavy atom. The zero-order valence-corrected chi connectivity index (χ0v) is 16.9. The van der Waals surface area contributed by atoms with Gasteiger partial charge >= 0.3 is 0 Å². The number of allylic oxidation sites excluding steroid dienone is 2. The summed E-state index contributed by atoms with van der Waals surface area (Å²) in [6.45, 7) is 15.3. The quantitative estimate of drug-likeness (QED) is 0.447. The first kappa shape index (κ1) is 21.1. The van der Waals surface area contributed by atoms with E-state index < -0.39 is 0 Å². The minimum atomic E-state index is -0.266. The molecule has 30 heavy (non-hydrogen) atoms. The molecule has 0 radical (unpaired) electrons. The van der Waals surface area contributed by atoms with Crippen LogP contribution in [0.2, 0.25) is 0 Å². The van der Waals surface area contributed by atoms with Crippen molar-refractivity contribution in [3.8, 4) is 11.5 Å². The molecule has 1 aliphatic rings. The summed E-state index contributed by atoms with van der Waals surface area (Å²) >= 11 is 0. The van der Waals surface area contributed by atoms with Gasteiger partial charge in [0, 0.05) is 11.1 Å². The predicted molar refractivity (Wildman–Crippen MR) is 119 cm³/mol. The minimum absolute atomic E-state index is 0.223. The van der Waals surface area contributed by atoms with Gasteiger partial charge in [0.2, 0.25) is 0 Å². The number of fused-ring (bicyclic) bond motifs is 2. The number of rotatable bonds is 10. The van der Waals surface area contributed by atoms with Crippen molar-refractivity contribution in [1.29, 1.82) is 0 Å². The normalized spacial score (nSPS) is 11.9. The van der Waals surface area contributed by atoms with Crippen LogP contribution in [0.3, 0.4) is 0 Å². The van der Waals surface area contributed by atoms with Gasteiger partial charge in [-0.1, -0.05) is 49.6 Å². The molecular weight excluding hydrogens is 376 g/mol. The Bertz CT molecular complexity index is 974. The molecule has 0 fully saturated rings. The molecule has 0 aromatic heterocycles.